The molecule has 0 aliphatic carbocycles. The van der Waals surface area contributed by atoms with Crippen molar-refractivity contribution >= 4 is 24.0 Å². The van der Waals surface area contributed by atoms with Gasteiger partial charge in [0, 0.05) is 13.1 Å². The summed E-state index contributed by atoms with van der Waals surface area (Å²) in [5.41, 5.74) is 1.94. The first-order chi connectivity index (χ1) is 22.4. The number of cyclic esters (lactones) is 1. The number of hydrogen-bond donors (Lipinski definition) is 0. The van der Waals surface area contributed by atoms with Crippen molar-refractivity contribution in [3.8, 4) is 0 Å². The topological polar surface area (TPSA) is 73.4 Å². The number of piperidine rings is 2. The van der Waals surface area contributed by atoms with Crippen molar-refractivity contribution in [2.45, 2.75) is 83.0 Å². The van der Waals surface area contributed by atoms with Crippen LogP contribution in [0.2, 0.25) is 0 Å². The summed E-state index contributed by atoms with van der Waals surface area (Å²) < 4.78 is 5.53. The molecule has 0 bridgehead atoms. The molecule has 0 saturated carbocycles. The lowest BCUT2D eigenvalue weighted by atomic mass is 9.85. The lowest BCUT2D eigenvalue weighted by Gasteiger charge is -2.53. The molecule has 4 atom stereocenters. The molecule has 246 valence electrons. The molecule has 0 radical (unpaired) electrons. The first kappa shape index (κ1) is 32.3. The Hall–Kier alpha value is -3.65. The lowest BCUT2D eigenvalue weighted by molar-refractivity contribution is -0.166. The van der Waals surface area contributed by atoms with Gasteiger partial charge in [-0.25, -0.2) is 4.79 Å². The molecule has 4 heterocycles. The van der Waals surface area contributed by atoms with E-state index in [2.05, 4.69) is 18.7 Å². The van der Waals surface area contributed by atoms with Crippen LogP contribution in [0.5, 0.6) is 0 Å². The van der Waals surface area contributed by atoms with Crippen LogP contribution in [0.15, 0.2) is 66.7 Å². The van der Waals surface area contributed by atoms with E-state index in [1.165, 1.54) is 38.8 Å². The standard InChI is InChI=1S/C38H50N4O4/c1-28(2)26-33(36(43)40-24-19-30(20-25-40)18-23-39-21-10-5-11-22-39)41-32(17-16-29-12-6-3-7-13-29)35(37(41)44)42-34(27-46-38(42)45)31-14-8-4-9-15-31/h3-4,6-9,12-17,28,30,32-35H,5,10-11,18-27H2,1-2H3/t32?,33-,34+,35?/m0/s1. The second-order valence-electron chi connectivity index (χ2n) is 14.0. The van der Waals surface area contributed by atoms with E-state index < -0.39 is 24.2 Å². The number of carbonyl (C=O) groups is 3. The highest BCUT2D eigenvalue weighted by Gasteiger charge is 2.58. The van der Waals surface area contributed by atoms with Gasteiger partial charge in [0.05, 0.1) is 12.1 Å². The van der Waals surface area contributed by atoms with E-state index in [1.807, 2.05) is 77.7 Å². The Labute approximate surface area is 274 Å². The number of amides is 3. The van der Waals surface area contributed by atoms with Crippen LogP contribution < -0.4 is 0 Å². The van der Waals surface area contributed by atoms with Crippen LogP contribution >= 0.6 is 0 Å². The van der Waals surface area contributed by atoms with Crippen LogP contribution in [0, 0.1) is 11.8 Å². The van der Waals surface area contributed by atoms with Crippen molar-refractivity contribution in [3.63, 3.8) is 0 Å². The van der Waals surface area contributed by atoms with Crippen molar-refractivity contribution in [1.82, 2.24) is 19.6 Å². The minimum atomic E-state index is -0.733. The van der Waals surface area contributed by atoms with Crippen LogP contribution in [0.25, 0.3) is 6.08 Å². The molecule has 2 aromatic rings. The Bertz CT molecular complexity index is 1350. The normalized spacial score (nSPS) is 25.3. The fourth-order valence-electron chi connectivity index (χ4n) is 7.79. The van der Waals surface area contributed by atoms with E-state index in [0.29, 0.717) is 12.3 Å². The van der Waals surface area contributed by atoms with Gasteiger partial charge in [-0.05, 0) is 81.1 Å². The van der Waals surface area contributed by atoms with Gasteiger partial charge >= 0.3 is 6.09 Å². The first-order valence-corrected chi connectivity index (χ1v) is 17.5. The van der Waals surface area contributed by atoms with Crippen LogP contribution in [0.3, 0.4) is 0 Å². The van der Waals surface area contributed by atoms with E-state index in [9.17, 15) is 14.4 Å². The molecular formula is C38H50N4O4. The van der Waals surface area contributed by atoms with Gasteiger partial charge in [-0.2, -0.15) is 0 Å². The fraction of sp³-hybridized carbons (Fsp3) is 0.553. The molecule has 2 unspecified atom stereocenters. The molecule has 8 nitrogen and oxygen atoms in total. The summed E-state index contributed by atoms with van der Waals surface area (Å²) in [6.07, 6.45) is 11.3. The third kappa shape index (κ3) is 7.17. The molecule has 4 aliphatic rings. The number of benzene rings is 2. The molecule has 3 amide bonds. The number of likely N-dealkylation sites (tertiary alicyclic amines) is 3. The van der Waals surface area contributed by atoms with E-state index in [4.69, 9.17) is 4.74 Å². The third-order valence-electron chi connectivity index (χ3n) is 10.4. The molecule has 8 heteroatoms. The maximum atomic E-state index is 14.3. The van der Waals surface area contributed by atoms with Gasteiger partial charge in [0.15, 0.2) is 0 Å². The largest absolute Gasteiger partial charge is 0.447 e. The Kier molecular flexibility index (Phi) is 10.4. The van der Waals surface area contributed by atoms with Crippen LogP contribution in [-0.4, -0.2) is 95.0 Å². The Morgan fingerprint density at radius 2 is 1.59 bits per heavy atom. The summed E-state index contributed by atoms with van der Waals surface area (Å²) in [4.78, 5) is 49.8. The SMILES string of the molecule is CC(C)C[C@@H](C(=O)N1CCC(CCN2CCCCC2)CC1)N1C(=O)C(N2C(=O)OC[C@@H]2c2ccccc2)C1C=Cc1ccccc1. The lowest BCUT2D eigenvalue weighted by Crippen LogP contribution is -2.74. The number of rotatable bonds is 11. The van der Waals surface area contributed by atoms with Gasteiger partial charge < -0.3 is 19.4 Å². The molecule has 46 heavy (non-hydrogen) atoms. The average Bonchev–Trinajstić information content (AvgIpc) is 3.46. The van der Waals surface area contributed by atoms with Gasteiger partial charge in [0.1, 0.15) is 18.7 Å². The second-order valence-corrected chi connectivity index (χ2v) is 14.0. The summed E-state index contributed by atoms with van der Waals surface area (Å²) in [6, 6.07) is 17.6. The van der Waals surface area contributed by atoms with E-state index in [1.54, 1.807) is 9.80 Å². The Balaban J connectivity index is 1.20. The quantitative estimate of drug-likeness (QED) is 0.286. The smallest absolute Gasteiger partial charge is 0.411 e. The number of hydrogen-bond acceptors (Lipinski definition) is 5. The zero-order chi connectivity index (χ0) is 32.0. The Morgan fingerprint density at radius 1 is 0.913 bits per heavy atom. The van der Waals surface area contributed by atoms with Gasteiger partial charge in [-0.1, -0.05) is 93.1 Å². The maximum Gasteiger partial charge on any atom is 0.411 e. The third-order valence-corrected chi connectivity index (χ3v) is 10.4. The van der Waals surface area contributed by atoms with E-state index >= 15 is 0 Å². The zero-order valence-corrected chi connectivity index (χ0v) is 27.5. The highest BCUT2D eigenvalue weighted by atomic mass is 16.6. The van der Waals surface area contributed by atoms with Crippen molar-refractivity contribution in [1.29, 1.82) is 0 Å². The van der Waals surface area contributed by atoms with Crippen LogP contribution in [0.1, 0.15) is 76.0 Å². The molecule has 0 aromatic heterocycles. The highest BCUT2D eigenvalue weighted by Crippen LogP contribution is 2.39. The predicted octanol–water partition coefficient (Wildman–Crippen LogP) is 6.00. The van der Waals surface area contributed by atoms with Crippen LogP contribution in [-0.2, 0) is 14.3 Å². The maximum absolute atomic E-state index is 14.3. The van der Waals surface area contributed by atoms with Gasteiger partial charge in [0.25, 0.3) is 0 Å². The summed E-state index contributed by atoms with van der Waals surface area (Å²) in [6.45, 7) is 9.49. The number of nitrogens with zero attached hydrogens (tertiary/aromatic N) is 4. The second kappa shape index (κ2) is 14.8. The predicted molar refractivity (Wildman–Crippen MR) is 180 cm³/mol. The monoisotopic (exact) mass is 626 g/mol. The molecule has 4 aliphatic heterocycles. The van der Waals surface area contributed by atoms with Crippen molar-refractivity contribution in [3.05, 3.63) is 77.9 Å². The molecule has 0 spiro atoms. The minimum absolute atomic E-state index is 0.0386. The molecule has 0 N–H and O–H groups in total. The number of β-lactam (4-membered cyclic amide) rings is 1. The highest BCUT2D eigenvalue weighted by molar-refractivity contribution is 5.98. The molecular weight excluding hydrogens is 576 g/mol. The van der Waals surface area contributed by atoms with Gasteiger partial charge in [0.2, 0.25) is 11.8 Å². The van der Waals surface area contributed by atoms with E-state index in [0.717, 1.165) is 43.6 Å². The number of ether oxygens (including phenoxy) is 1. The molecule has 4 saturated heterocycles. The number of carbonyl (C=O) groups excluding carboxylic acids is 3. The zero-order valence-electron chi connectivity index (χ0n) is 27.5. The fourth-order valence-corrected chi connectivity index (χ4v) is 7.79. The Morgan fingerprint density at radius 3 is 2.26 bits per heavy atom. The summed E-state index contributed by atoms with van der Waals surface area (Å²) in [5.74, 6) is 0.715. The summed E-state index contributed by atoms with van der Waals surface area (Å²) in [7, 11) is 0. The van der Waals surface area contributed by atoms with Crippen LogP contribution in [0.4, 0.5) is 4.79 Å². The molecule has 2 aromatic carbocycles. The van der Waals surface area contributed by atoms with Crippen molar-refractivity contribution in [2.24, 2.45) is 11.8 Å². The van der Waals surface area contributed by atoms with Gasteiger partial charge in [-0.3, -0.25) is 14.5 Å². The van der Waals surface area contributed by atoms with E-state index in [-0.39, 0.29) is 30.4 Å². The van der Waals surface area contributed by atoms with Crippen molar-refractivity contribution < 1.29 is 19.1 Å². The summed E-state index contributed by atoms with van der Waals surface area (Å²) in [5, 5.41) is 0. The average molecular weight is 627 g/mol. The van der Waals surface area contributed by atoms with Gasteiger partial charge in [-0.15, -0.1) is 0 Å². The first-order valence-electron chi connectivity index (χ1n) is 17.5. The molecule has 6 rings (SSSR count). The summed E-state index contributed by atoms with van der Waals surface area (Å²) >= 11 is 0. The molecule has 4 fully saturated rings. The van der Waals surface area contributed by atoms with Crippen molar-refractivity contribution in [2.75, 3.05) is 39.3 Å². The minimum Gasteiger partial charge on any atom is -0.447 e.